The number of methoxy groups -OCH3 is 1. The minimum absolute atomic E-state index is 0.222. The first-order valence-electron chi connectivity index (χ1n) is 6.62. The van der Waals surface area contributed by atoms with Gasteiger partial charge in [0.2, 0.25) is 5.88 Å². The summed E-state index contributed by atoms with van der Waals surface area (Å²) in [4.78, 5) is 16.6. The number of ether oxygens (including phenoxy) is 2. The van der Waals surface area contributed by atoms with Gasteiger partial charge >= 0.3 is 5.97 Å². The zero-order valence-electron chi connectivity index (χ0n) is 12.0. The molecule has 0 unspecified atom stereocenters. The molecule has 112 valence electrons. The summed E-state index contributed by atoms with van der Waals surface area (Å²) in [5, 5.41) is 9.24. The number of aromatic nitrogens is 1. The van der Waals surface area contributed by atoms with Crippen molar-refractivity contribution in [1.29, 1.82) is 0 Å². The first kappa shape index (κ1) is 15.3. The number of carbonyl (C=O) groups is 1. The van der Waals surface area contributed by atoms with Crippen molar-refractivity contribution in [3.05, 3.63) is 39.7 Å². The van der Waals surface area contributed by atoms with E-state index in [9.17, 15) is 9.90 Å². The maximum Gasteiger partial charge on any atom is 0.349 e. The summed E-state index contributed by atoms with van der Waals surface area (Å²) < 4.78 is 10.8. The van der Waals surface area contributed by atoms with Gasteiger partial charge < -0.3 is 14.6 Å². The minimum Gasteiger partial charge on any atom is -0.487 e. The van der Waals surface area contributed by atoms with E-state index >= 15 is 0 Å². The molecule has 21 heavy (non-hydrogen) atoms. The number of thiophene rings is 1. The molecule has 2 aromatic rings. The molecule has 0 aliphatic rings. The Morgan fingerprint density at radius 3 is 2.95 bits per heavy atom. The van der Waals surface area contributed by atoms with Crippen LogP contribution >= 0.6 is 11.3 Å². The Balaban J connectivity index is 2.17. The van der Waals surface area contributed by atoms with E-state index in [-0.39, 0.29) is 11.5 Å². The lowest BCUT2D eigenvalue weighted by atomic mass is 10.2. The lowest BCUT2D eigenvalue weighted by Crippen LogP contribution is -2.02. The number of carboxylic acids is 1. The smallest absolute Gasteiger partial charge is 0.349 e. The van der Waals surface area contributed by atoms with Crippen molar-refractivity contribution in [2.75, 3.05) is 7.11 Å². The van der Waals surface area contributed by atoms with Gasteiger partial charge in [0.15, 0.2) is 4.88 Å². The first-order valence-corrected chi connectivity index (χ1v) is 7.44. The van der Waals surface area contributed by atoms with E-state index in [1.165, 1.54) is 11.3 Å². The van der Waals surface area contributed by atoms with Crippen molar-refractivity contribution < 1.29 is 19.4 Å². The molecule has 0 saturated carbocycles. The third-order valence-corrected chi connectivity index (χ3v) is 4.03. The highest BCUT2D eigenvalue weighted by Gasteiger charge is 2.17. The summed E-state index contributed by atoms with van der Waals surface area (Å²) in [5.74, 6) is -0.0734. The lowest BCUT2D eigenvalue weighted by molar-refractivity contribution is 0.0697. The van der Waals surface area contributed by atoms with Crippen LogP contribution in [0.3, 0.4) is 0 Å². The van der Waals surface area contributed by atoms with Gasteiger partial charge in [0.05, 0.1) is 12.7 Å². The summed E-state index contributed by atoms with van der Waals surface area (Å²) in [6.07, 6.45) is 3.45. The largest absolute Gasteiger partial charge is 0.487 e. The number of pyridine rings is 1. The van der Waals surface area contributed by atoms with Gasteiger partial charge in [-0.15, -0.1) is 11.3 Å². The molecule has 0 fully saturated rings. The van der Waals surface area contributed by atoms with Gasteiger partial charge in [-0.05, 0) is 24.6 Å². The molecule has 1 N–H and O–H groups in total. The quantitative estimate of drug-likeness (QED) is 0.849. The molecule has 0 bridgehead atoms. The van der Waals surface area contributed by atoms with E-state index in [0.29, 0.717) is 11.6 Å². The van der Waals surface area contributed by atoms with Gasteiger partial charge in [0, 0.05) is 11.1 Å². The average molecular weight is 307 g/mol. The molecule has 0 atom stereocenters. The van der Waals surface area contributed by atoms with E-state index < -0.39 is 5.97 Å². The molecule has 2 rings (SSSR count). The Labute approximate surface area is 127 Å². The summed E-state index contributed by atoms with van der Waals surface area (Å²) in [7, 11) is 1.54. The van der Waals surface area contributed by atoms with Crippen molar-refractivity contribution in [2.45, 2.75) is 26.4 Å². The summed E-state index contributed by atoms with van der Waals surface area (Å²) in [6, 6.07) is 5.43. The fourth-order valence-electron chi connectivity index (χ4n) is 1.92. The van der Waals surface area contributed by atoms with Gasteiger partial charge in [-0.1, -0.05) is 13.3 Å². The molecule has 2 heterocycles. The van der Waals surface area contributed by atoms with E-state index in [4.69, 9.17) is 9.47 Å². The number of aryl methyl sites for hydroxylation is 1. The molecule has 0 saturated heterocycles. The summed E-state index contributed by atoms with van der Waals surface area (Å²) in [6.45, 7) is 2.28. The van der Waals surface area contributed by atoms with E-state index in [0.717, 1.165) is 23.3 Å². The van der Waals surface area contributed by atoms with Crippen molar-refractivity contribution >= 4 is 17.3 Å². The van der Waals surface area contributed by atoms with Crippen molar-refractivity contribution in [2.24, 2.45) is 0 Å². The Morgan fingerprint density at radius 2 is 2.29 bits per heavy atom. The minimum atomic E-state index is -0.962. The summed E-state index contributed by atoms with van der Waals surface area (Å²) in [5.41, 5.74) is 0.777. The van der Waals surface area contributed by atoms with Gasteiger partial charge in [0.1, 0.15) is 12.4 Å². The second-order valence-corrected chi connectivity index (χ2v) is 5.56. The van der Waals surface area contributed by atoms with Crippen LogP contribution in [-0.4, -0.2) is 23.2 Å². The van der Waals surface area contributed by atoms with Crippen LogP contribution < -0.4 is 9.47 Å². The second kappa shape index (κ2) is 7.08. The van der Waals surface area contributed by atoms with Crippen molar-refractivity contribution in [1.82, 2.24) is 4.98 Å². The number of carboxylic acid groups (broad SMARTS) is 1. The molecule has 0 spiro atoms. The standard InChI is InChI=1S/C15H17NO4S/c1-3-5-11-8-12(13(21-11)15(17)18)20-9-10-6-4-7-16-14(10)19-2/h4,6-8H,3,5,9H2,1-2H3,(H,17,18). The first-order chi connectivity index (χ1) is 10.2. The number of hydrogen-bond acceptors (Lipinski definition) is 5. The number of nitrogens with zero attached hydrogens (tertiary/aromatic N) is 1. The number of aromatic carboxylic acids is 1. The second-order valence-electron chi connectivity index (χ2n) is 4.42. The normalized spacial score (nSPS) is 10.4. The van der Waals surface area contributed by atoms with Crippen molar-refractivity contribution in [3.8, 4) is 11.6 Å². The molecule has 0 aliphatic heterocycles. The molecule has 0 radical (unpaired) electrons. The predicted octanol–water partition coefficient (Wildman–Crippen LogP) is 3.38. The Hall–Kier alpha value is -2.08. The molecule has 0 aliphatic carbocycles. The highest BCUT2D eigenvalue weighted by Crippen LogP contribution is 2.31. The molecular formula is C15H17NO4S. The maximum atomic E-state index is 11.3. The fraction of sp³-hybridized carbons (Fsp3) is 0.333. The molecular weight excluding hydrogens is 290 g/mol. The van der Waals surface area contributed by atoms with Crippen LogP contribution in [0.4, 0.5) is 0 Å². The Bertz CT molecular complexity index is 624. The van der Waals surface area contributed by atoms with Gasteiger partial charge in [-0.3, -0.25) is 0 Å². The zero-order chi connectivity index (χ0) is 15.2. The monoisotopic (exact) mass is 307 g/mol. The van der Waals surface area contributed by atoms with Crippen LogP contribution in [0, 0.1) is 0 Å². The molecule has 0 amide bonds. The lowest BCUT2D eigenvalue weighted by Gasteiger charge is -2.08. The summed E-state index contributed by atoms with van der Waals surface area (Å²) >= 11 is 1.27. The van der Waals surface area contributed by atoms with E-state index in [1.807, 2.05) is 6.07 Å². The van der Waals surface area contributed by atoms with Crippen LogP contribution in [0.1, 0.15) is 33.5 Å². The highest BCUT2D eigenvalue weighted by atomic mass is 32.1. The Kier molecular flexibility index (Phi) is 5.16. The predicted molar refractivity (Wildman–Crippen MR) is 80.4 cm³/mol. The fourth-order valence-corrected chi connectivity index (χ4v) is 2.96. The maximum absolute atomic E-state index is 11.3. The van der Waals surface area contributed by atoms with Crippen LogP contribution in [0.15, 0.2) is 24.4 Å². The van der Waals surface area contributed by atoms with Crippen LogP contribution in [0.25, 0.3) is 0 Å². The van der Waals surface area contributed by atoms with Gasteiger partial charge in [-0.2, -0.15) is 0 Å². The molecule has 5 nitrogen and oxygen atoms in total. The molecule has 6 heteroatoms. The third-order valence-electron chi connectivity index (χ3n) is 2.87. The van der Waals surface area contributed by atoms with E-state index in [2.05, 4.69) is 11.9 Å². The third kappa shape index (κ3) is 3.72. The Morgan fingerprint density at radius 1 is 1.48 bits per heavy atom. The highest BCUT2D eigenvalue weighted by molar-refractivity contribution is 7.14. The van der Waals surface area contributed by atoms with Crippen LogP contribution in [0.2, 0.25) is 0 Å². The van der Waals surface area contributed by atoms with Crippen LogP contribution in [-0.2, 0) is 13.0 Å². The van der Waals surface area contributed by atoms with E-state index in [1.54, 1.807) is 25.4 Å². The van der Waals surface area contributed by atoms with Crippen molar-refractivity contribution in [3.63, 3.8) is 0 Å². The number of rotatable bonds is 7. The molecule has 0 aromatic carbocycles. The zero-order valence-corrected chi connectivity index (χ0v) is 12.8. The van der Waals surface area contributed by atoms with Crippen LogP contribution in [0.5, 0.6) is 11.6 Å². The van der Waals surface area contributed by atoms with Gasteiger partial charge in [0.25, 0.3) is 0 Å². The topological polar surface area (TPSA) is 68.7 Å². The molecule has 2 aromatic heterocycles. The number of hydrogen-bond donors (Lipinski definition) is 1. The SMILES string of the molecule is CCCc1cc(OCc2cccnc2OC)c(C(=O)O)s1. The average Bonchev–Trinajstić information content (AvgIpc) is 2.89. The van der Waals surface area contributed by atoms with Gasteiger partial charge in [-0.25, -0.2) is 9.78 Å².